The minimum atomic E-state index is -1.66. The molecule has 1 atom stereocenters. The number of ether oxygens (including phenoxy) is 1. The third-order valence-electron chi connectivity index (χ3n) is 5.76. The van der Waals surface area contributed by atoms with Crippen molar-refractivity contribution >= 4 is 28.4 Å². The van der Waals surface area contributed by atoms with Gasteiger partial charge in [0.25, 0.3) is 17.4 Å². The van der Waals surface area contributed by atoms with Crippen LogP contribution in [0.3, 0.4) is 0 Å². The van der Waals surface area contributed by atoms with Crippen molar-refractivity contribution in [3.8, 4) is 5.75 Å². The zero-order valence-electron chi connectivity index (χ0n) is 16.1. The number of aryl methyl sites for hydroxylation is 1. The molecule has 0 saturated carbocycles. The first-order valence-corrected chi connectivity index (χ1v) is 9.54. The van der Waals surface area contributed by atoms with Crippen molar-refractivity contribution in [1.29, 1.82) is 0 Å². The van der Waals surface area contributed by atoms with Crippen LogP contribution in [-0.4, -0.2) is 33.8 Å². The van der Waals surface area contributed by atoms with E-state index in [-0.39, 0.29) is 5.82 Å². The number of aromatic nitrogens is 1. The van der Waals surface area contributed by atoms with Crippen LogP contribution in [0.25, 0.3) is 10.9 Å². The molecule has 7 heteroatoms. The Morgan fingerprint density at radius 1 is 1.24 bits per heavy atom. The van der Waals surface area contributed by atoms with Gasteiger partial charge in [-0.3, -0.25) is 9.59 Å². The van der Waals surface area contributed by atoms with Crippen LogP contribution in [-0.2, 0) is 22.6 Å². The molecule has 0 saturated heterocycles. The molecule has 0 radical (unpaired) electrons. The SMILES string of the molecule is Cc1ccc2c(c1)NC(=O)C(C)(C(=O)N1CCc3[nH]c4ccc(F)cc4c3C1)O2. The highest BCUT2D eigenvalue weighted by molar-refractivity contribution is 6.15. The largest absolute Gasteiger partial charge is 0.466 e. The summed E-state index contributed by atoms with van der Waals surface area (Å²) in [6.07, 6.45) is 0.602. The molecule has 148 valence electrons. The van der Waals surface area contributed by atoms with Crippen LogP contribution >= 0.6 is 0 Å². The van der Waals surface area contributed by atoms with E-state index in [1.165, 1.54) is 19.1 Å². The summed E-state index contributed by atoms with van der Waals surface area (Å²) < 4.78 is 19.7. The summed E-state index contributed by atoms with van der Waals surface area (Å²) in [4.78, 5) is 31.1. The maximum atomic E-state index is 13.7. The fraction of sp³-hybridized carbons (Fsp3) is 0.273. The summed E-state index contributed by atoms with van der Waals surface area (Å²) >= 11 is 0. The van der Waals surface area contributed by atoms with Gasteiger partial charge in [-0.1, -0.05) is 6.07 Å². The highest BCUT2D eigenvalue weighted by atomic mass is 19.1. The minimum absolute atomic E-state index is 0.296. The van der Waals surface area contributed by atoms with E-state index in [0.717, 1.165) is 27.7 Å². The second-order valence-electron chi connectivity index (χ2n) is 7.84. The minimum Gasteiger partial charge on any atom is -0.466 e. The molecule has 1 aromatic heterocycles. The third-order valence-corrected chi connectivity index (χ3v) is 5.76. The van der Waals surface area contributed by atoms with Crippen LogP contribution < -0.4 is 10.1 Å². The first-order valence-electron chi connectivity index (χ1n) is 9.54. The van der Waals surface area contributed by atoms with Gasteiger partial charge >= 0.3 is 0 Å². The predicted molar refractivity (Wildman–Crippen MR) is 106 cm³/mol. The average Bonchev–Trinajstić information content (AvgIpc) is 3.05. The summed E-state index contributed by atoms with van der Waals surface area (Å²) in [7, 11) is 0. The molecule has 0 aliphatic carbocycles. The molecule has 29 heavy (non-hydrogen) atoms. The maximum absolute atomic E-state index is 13.7. The van der Waals surface area contributed by atoms with Crippen molar-refractivity contribution in [1.82, 2.24) is 9.88 Å². The molecular weight excluding hydrogens is 373 g/mol. The maximum Gasteiger partial charge on any atom is 0.278 e. The number of hydrogen-bond donors (Lipinski definition) is 2. The number of nitrogens with one attached hydrogen (secondary N) is 2. The number of benzene rings is 2. The molecule has 2 N–H and O–H groups in total. The number of carbonyl (C=O) groups excluding carboxylic acids is 2. The normalized spacial score (nSPS) is 20.7. The molecule has 2 aliphatic rings. The van der Waals surface area contributed by atoms with Gasteiger partial charge in [0.2, 0.25) is 0 Å². The van der Waals surface area contributed by atoms with Crippen LogP contribution in [0.4, 0.5) is 10.1 Å². The molecule has 0 fully saturated rings. The van der Waals surface area contributed by atoms with Gasteiger partial charge in [-0.2, -0.15) is 0 Å². The Balaban J connectivity index is 1.47. The Morgan fingerprint density at radius 2 is 2.07 bits per heavy atom. The van der Waals surface area contributed by atoms with Crippen molar-refractivity contribution < 1.29 is 18.7 Å². The highest BCUT2D eigenvalue weighted by Gasteiger charge is 2.49. The summed E-state index contributed by atoms with van der Waals surface area (Å²) in [5.41, 5.74) is 2.61. The summed E-state index contributed by atoms with van der Waals surface area (Å²) in [6.45, 7) is 4.16. The van der Waals surface area contributed by atoms with Gasteiger partial charge in [-0.05, 0) is 49.7 Å². The molecular formula is C22H20FN3O3. The summed E-state index contributed by atoms with van der Waals surface area (Å²) in [5.74, 6) is -0.747. The fourth-order valence-corrected chi connectivity index (χ4v) is 4.14. The standard InChI is InChI=1S/C22H20FN3O3/c1-12-3-6-19-18(9-12)25-20(27)22(2,29-19)21(28)26-8-7-17-15(11-26)14-10-13(23)4-5-16(14)24-17/h3-6,9-10,24H,7-8,11H2,1-2H3,(H,25,27). The lowest BCUT2D eigenvalue weighted by Gasteiger charge is -2.38. The Labute approximate surface area is 166 Å². The van der Waals surface area contributed by atoms with E-state index in [9.17, 15) is 14.0 Å². The summed E-state index contributed by atoms with van der Waals surface area (Å²) in [5, 5.41) is 3.56. The number of amides is 2. The zero-order valence-corrected chi connectivity index (χ0v) is 16.1. The van der Waals surface area contributed by atoms with Crippen molar-refractivity contribution in [2.24, 2.45) is 0 Å². The van der Waals surface area contributed by atoms with Crippen LogP contribution in [0.1, 0.15) is 23.7 Å². The fourth-order valence-electron chi connectivity index (χ4n) is 4.14. The molecule has 2 amide bonds. The van der Waals surface area contributed by atoms with E-state index < -0.39 is 17.4 Å². The van der Waals surface area contributed by atoms with E-state index in [1.807, 2.05) is 19.1 Å². The van der Waals surface area contributed by atoms with Crippen molar-refractivity contribution in [2.75, 3.05) is 11.9 Å². The van der Waals surface area contributed by atoms with Gasteiger partial charge in [0.15, 0.2) is 0 Å². The Morgan fingerprint density at radius 3 is 2.90 bits per heavy atom. The topological polar surface area (TPSA) is 74.4 Å². The predicted octanol–water partition coefficient (Wildman–Crippen LogP) is 3.29. The van der Waals surface area contributed by atoms with Gasteiger partial charge in [-0.15, -0.1) is 0 Å². The molecule has 3 heterocycles. The smallest absolute Gasteiger partial charge is 0.278 e. The molecule has 1 unspecified atom stereocenters. The molecule has 0 bridgehead atoms. The Hall–Kier alpha value is -3.35. The third kappa shape index (κ3) is 2.68. The number of carbonyl (C=O) groups is 2. The van der Waals surface area contributed by atoms with Crippen molar-refractivity contribution in [3.63, 3.8) is 0 Å². The second-order valence-corrected chi connectivity index (χ2v) is 7.84. The number of halogens is 1. The van der Waals surface area contributed by atoms with E-state index in [0.29, 0.717) is 30.9 Å². The monoisotopic (exact) mass is 393 g/mol. The van der Waals surface area contributed by atoms with E-state index in [2.05, 4.69) is 10.3 Å². The van der Waals surface area contributed by atoms with Crippen molar-refractivity contribution in [2.45, 2.75) is 32.4 Å². The number of nitrogens with zero attached hydrogens (tertiary/aromatic N) is 1. The molecule has 5 rings (SSSR count). The molecule has 2 aromatic carbocycles. The molecule has 6 nitrogen and oxygen atoms in total. The van der Waals surface area contributed by atoms with E-state index in [4.69, 9.17) is 4.74 Å². The number of aromatic amines is 1. The first-order chi connectivity index (χ1) is 13.8. The first kappa shape index (κ1) is 17.7. The number of rotatable bonds is 1. The lowest BCUT2D eigenvalue weighted by molar-refractivity contribution is -0.155. The van der Waals surface area contributed by atoms with E-state index >= 15 is 0 Å². The average molecular weight is 393 g/mol. The lowest BCUT2D eigenvalue weighted by atomic mass is 9.97. The van der Waals surface area contributed by atoms with Gasteiger partial charge in [0.05, 0.1) is 5.69 Å². The van der Waals surface area contributed by atoms with Crippen LogP contribution in [0.2, 0.25) is 0 Å². The summed E-state index contributed by atoms with van der Waals surface area (Å²) in [6, 6.07) is 10.0. The Kier molecular flexibility index (Phi) is 3.71. The number of hydrogen-bond acceptors (Lipinski definition) is 3. The number of H-pyrrole nitrogens is 1. The van der Waals surface area contributed by atoms with E-state index in [1.54, 1.807) is 17.0 Å². The van der Waals surface area contributed by atoms with Gasteiger partial charge < -0.3 is 19.9 Å². The number of anilines is 1. The zero-order chi connectivity index (χ0) is 20.3. The lowest BCUT2D eigenvalue weighted by Crippen LogP contribution is -2.60. The van der Waals surface area contributed by atoms with Crippen LogP contribution in [0.15, 0.2) is 36.4 Å². The van der Waals surface area contributed by atoms with Crippen molar-refractivity contribution in [3.05, 3.63) is 59.0 Å². The Bertz CT molecular complexity index is 1190. The highest BCUT2D eigenvalue weighted by Crippen LogP contribution is 2.36. The molecule has 0 spiro atoms. The van der Waals surface area contributed by atoms with Gasteiger partial charge in [0, 0.05) is 41.7 Å². The van der Waals surface area contributed by atoms with Gasteiger partial charge in [0.1, 0.15) is 11.6 Å². The quantitative estimate of drug-likeness (QED) is 0.623. The second kappa shape index (κ2) is 6.07. The van der Waals surface area contributed by atoms with Crippen LogP contribution in [0, 0.1) is 12.7 Å². The number of fused-ring (bicyclic) bond motifs is 4. The van der Waals surface area contributed by atoms with Gasteiger partial charge in [-0.25, -0.2) is 4.39 Å². The molecule has 3 aromatic rings. The molecule has 2 aliphatic heterocycles. The van der Waals surface area contributed by atoms with Crippen LogP contribution in [0.5, 0.6) is 5.75 Å².